The highest BCUT2D eigenvalue weighted by Gasteiger charge is 2.46. The standard InChI is InChI=1S/C50H31N5/c51-31-35-24-23-34(27-37(35)32-52)36-28-40(54-46-20-10-7-17-42(46)43-33-53-26-25-47(43)54)30-41(29-36)55-48-21-11-8-18-44(48)50(38-13-3-1-4-14-38,39-15-5-2-6-16-39)45-19-9-12-22-49(45)55/h1-30,33H. The Hall–Kier alpha value is -7.73. The summed E-state index contributed by atoms with van der Waals surface area (Å²) >= 11 is 0. The minimum Gasteiger partial charge on any atom is -0.310 e. The Morgan fingerprint density at radius 3 is 1.73 bits per heavy atom. The van der Waals surface area contributed by atoms with Crippen LogP contribution in [0.4, 0.5) is 17.1 Å². The van der Waals surface area contributed by atoms with E-state index in [-0.39, 0.29) is 0 Å². The lowest BCUT2D eigenvalue weighted by atomic mass is 9.62. The summed E-state index contributed by atoms with van der Waals surface area (Å²) in [5.41, 5.74) is 12.8. The third-order valence-corrected chi connectivity index (χ3v) is 11.0. The first-order valence-electron chi connectivity index (χ1n) is 18.2. The molecule has 2 aromatic heterocycles. The van der Waals surface area contributed by atoms with Gasteiger partial charge in [0.05, 0.1) is 39.0 Å². The highest BCUT2D eigenvalue weighted by atomic mass is 15.2. The van der Waals surface area contributed by atoms with Crippen molar-refractivity contribution in [1.82, 2.24) is 9.55 Å². The second-order valence-corrected chi connectivity index (χ2v) is 13.8. The lowest BCUT2D eigenvalue weighted by Gasteiger charge is -2.46. The lowest BCUT2D eigenvalue weighted by molar-refractivity contribution is 0.731. The van der Waals surface area contributed by atoms with Crippen molar-refractivity contribution in [2.24, 2.45) is 0 Å². The van der Waals surface area contributed by atoms with E-state index in [9.17, 15) is 10.5 Å². The number of benzene rings is 7. The van der Waals surface area contributed by atoms with Crippen LogP contribution < -0.4 is 4.90 Å². The van der Waals surface area contributed by atoms with Crippen LogP contribution in [0.5, 0.6) is 0 Å². The quantitative estimate of drug-likeness (QED) is 0.179. The van der Waals surface area contributed by atoms with Gasteiger partial charge in [-0.2, -0.15) is 10.5 Å². The fourth-order valence-electron chi connectivity index (χ4n) is 8.72. The molecule has 0 N–H and O–H groups in total. The van der Waals surface area contributed by atoms with Gasteiger partial charge in [-0.05, 0) is 88.0 Å². The Morgan fingerprint density at radius 2 is 1.05 bits per heavy atom. The molecular formula is C50H31N5. The van der Waals surface area contributed by atoms with Gasteiger partial charge >= 0.3 is 0 Å². The number of fused-ring (bicyclic) bond motifs is 5. The van der Waals surface area contributed by atoms with E-state index in [1.165, 1.54) is 22.3 Å². The average Bonchev–Trinajstić information content (AvgIpc) is 3.60. The first kappa shape index (κ1) is 32.0. The third-order valence-electron chi connectivity index (χ3n) is 11.0. The van der Waals surface area contributed by atoms with Gasteiger partial charge in [-0.1, -0.05) is 121 Å². The molecule has 0 unspecified atom stereocenters. The van der Waals surface area contributed by atoms with E-state index < -0.39 is 5.41 Å². The fourth-order valence-corrected chi connectivity index (χ4v) is 8.72. The summed E-state index contributed by atoms with van der Waals surface area (Å²) in [6.45, 7) is 0. The Balaban J connectivity index is 1.30. The van der Waals surface area contributed by atoms with Gasteiger partial charge in [-0.25, -0.2) is 0 Å². The molecule has 0 radical (unpaired) electrons. The maximum absolute atomic E-state index is 10.1. The second-order valence-electron chi connectivity index (χ2n) is 13.8. The van der Waals surface area contributed by atoms with Crippen LogP contribution in [-0.2, 0) is 5.41 Å². The molecule has 7 aromatic carbocycles. The van der Waals surface area contributed by atoms with Gasteiger partial charge in [0.25, 0.3) is 0 Å². The number of aromatic nitrogens is 2. The smallest absolute Gasteiger partial charge is 0.101 e. The first-order chi connectivity index (χ1) is 27.2. The van der Waals surface area contributed by atoms with E-state index in [2.05, 4.69) is 184 Å². The molecule has 10 rings (SSSR count). The zero-order valence-corrected chi connectivity index (χ0v) is 29.6. The minimum atomic E-state index is -0.596. The molecule has 0 saturated heterocycles. The largest absolute Gasteiger partial charge is 0.310 e. The van der Waals surface area contributed by atoms with Crippen LogP contribution in [-0.4, -0.2) is 9.55 Å². The molecule has 0 fully saturated rings. The Labute approximate surface area is 318 Å². The van der Waals surface area contributed by atoms with Gasteiger partial charge in [-0.3, -0.25) is 4.98 Å². The predicted octanol–water partition coefficient (Wildman–Crippen LogP) is 11.8. The van der Waals surface area contributed by atoms with Crippen LogP contribution in [0.15, 0.2) is 188 Å². The van der Waals surface area contributed by atoms with E-state index in [0.29, 0.717) is 11.1 Å². The minimum absolute atomic E-state index is 0.346. The van der Waals surface area contributed by atoms with Crippen LogP contribution in [0.25, 0.3) is 38.6 Å². The maximum Gasteiger partial charge on any atom is 0.101 e. The highest BCUT2D eigenvalue weighted by Crippen LogP contribution is 2.58. The van der Waals surface area contributed by atoms with Gasteiger partial charge in [0.2, 0.25) is 0 Å². The van der Waals surface area contributed by atoms with Crippen molar-refractivity contribution in [1.29, 1.82) is 10.5 Å². The van der Waals surface area contributed by atoms with Gasteiger partial charge in [-0.15, -0.1) is 0 Å². The second kappa shape index (κ2) is 12.7. The third kappa shape index (κ3) is 4.81. The van der Waals surface area contributed by atoms with Crippen LogP contribution in [0.1, 0.15) is 33.4 Å². The molecule has 9 aromatic rings. The summed E-state index contributed by atoms with van der Waals surface area (Å²) in [6, 6.07) is 66.2. The van der Waals surface area contributed by atoms with E-state index in [1.54, 1.807) is 6.07 Å². The topological polar surface area (TPSA) is 68.6 Å². The van der Waals surface area contributed by atoms with Crippen molar-refractivity contribution in [3.63, 3.8) is 0 Å². The molecular weight excluding hydrogens is 671 g/mol. The van der Waals surface area contributed by atoms with Crippen molar-refractivity contribution in [3.8, 4) is 29.0 Å². The summed E-state index contributed by atoms with van der Waals surface area (Å²) in [4.78, 5) is 6.88. The monoisotopic (exact) mass is 701 g/mol. The Morgan fingerprint density at radius 1 is 0.473 bits per heavy atom. The Kier molecular flexibility index (Phi) is 7.40. The SMILES string of the molecule is N#Cc1ccc(-c2cc(N3c4ccccc4C(c4ccccc4)(c4ccccc4)c4ccccc43)cc(-n3c4ccccc4c4cnccc43)c2)cc1C#N. The van der Waals surface area contributed by atoms with Crippen molar-refractivity contribution in [3.05, 3.63) is 222 Å². The van der Waals surface area contributed by atoms with E-state index in [4.69, 9.17) is 0 Å². The molecule has 55 heavy (non-hydrogen) atoms. The molecule has 0 atom stereocenters. The summed E-state index contributed by atoms with van der Waals surface area (Å²) in [5, 5.41) is 22.0. The fraction of sp³-hybridized carbons (Fsp3) is 0.0200. The average molecular weight is 702 g/mol. The van der Waals surface area contributed by atoms with Crippen LogP contribution in [0.2, 0.25) is 0 Å². The van der Waals surface area contributed by atoms with Gasteiger partial charge in [0.1, 0.15) is 12.1 Å². The summed E-state index contributed by atoms with van der Waals surface area (Å²) < 4.78 is 2.30. The van der Waals surface area contributed by atoms with Crippen molar-refractivity contribution < 1.29 is 0 Å². The van der Waals surface area contributed by atoms with Crippen molar-refractivity contribution >= 4 is 38.9 Å². The molecule has 5 nitrogen and oxygen atoms in total. The molecule has 3 heterocycles. The number of hydrogen-bond donors (Lipinski definition) is 0. The Bertz CT molecular complexity index is 2880. The summed E-state index contributed by atoms with van der Waals surface area (Å²) in [5.74, 6) is 0. The number of rotatable bonds is 5. The van der Waals surface area contributed by atoms with Crippen LogP contribution >= 0.6 is 0 Å². The number of anilines is 3. The van der Waals surface area contributed by atoms with Gasteiger partial charge < -0.3 is 9.47 Å². The molecule has 0 spiro atoms. The zero-order chi connectivity index (χ0) is 36.9. The molecule has 0 amide bonds. The van der Waals surface area contributed by atoms with Crippen molar-refractivity contribution in [2.75, 3.05) is 4.90 Å². The molecule has 0 bridgehead atoms. The highest BCUT2D eigenvalue weighted by molar-refractivity contribution is 6.09. The van der Waals surface area contributed by atoms with Crippen LogP contribution in [0, 0.1) is 22.7 Å². The summed E-state index contributed by atoms with van der Waals surface area (Å²) in [7, 11) is 0. The van der Waals surface area contributed by atoms with E-state index in [0.717, 1.165) is 55.7 Å². The van der Waals surface area contributed by atoms with E-state index in [1.807, 2.05) is 24.5 Å². The van der Waals surface area contributed by atoms with E-state index >= 15 is 0 Å². The predicted molar refractivity (Wildman–Crippen MR) is 220 cm³/mol. The molecule has 256 valence electrons. The first-order valence-corrected chi connectivity index (χ1v) is 18.2. The summed E-state index contributed by atoms with van der Waals surface area (Å²) in [6.07, 6.45) is 3.77. The number of hydrogen-bond acceptors (Lipinski definition) is 4. The van der Waals surface area contributed by atoms with Crippen molar-refractivity contribution in [2.45, 2.75) is 5.41 Å². The lowest BCUT2D eigenvalue weighted by Crippen LogP contribution is -2.37. The maximum atomic E-state index is 10.1. The number of nitriles is 2. The molecule has 5 heteroatoms. The molecule has 1 aliphatic heterocycles. The number of para-hydroxylation sites is 3. The molecule has 1 aliphatic rings. The normalized spacial score (nSPS) is 12.8. The molecule has 0 aliphatic carbocycles. The van der Waals surface area contributed by atoms with Crippen LogP contribution in [0.3, 0.4) is 0 Å². The van der Waals surface area contributed by atoms with Gasteiger partial charge in [0, 0.05) is 34.5 Å². The zero-order valence-electron chi connectivity index (χ0n) is 29.6. The molecule has 0 saturated carbocycles. The number of nitrogens with zero attached hydrogens (tertiary/aromatic N) is 5. The van der Waals surface area contributed by atoms with Gasteiger partial charge in [0.15, 0.2) is 0 Å². The number of pyridine rings is 1.